The zero-order valence-electron chi connectivity index (χ0n) is 16.3. The van der Waals surface area contributed by atoms with Crippen molar-refractivity contribution in [3.63, 3.8) is 0 Å². The first kappa shape index (κ1) is 26.1. The molecule has 4 nitrogen and oxygen atoms in total. The summed E-state index contributed by atoms with van der Waals surface area (Å²) >= 11 is 0. The zero-order valence-corrected chi connectivity index (χ0v) is 16.3. The van der Waals surface area contributed by atoms with E-state index < -0.39 is 12.2 Å². The molecule has 148 valence electrons. The van der Waals surface area contributed by atoms with Crippen molar-refractivity contribution in [2.75, 3.05) is 13.2 Å². The molecule has 4 heteroatoms. The van der Waals surface area contributed by atoms with Gasteiger partial charge in [0, 0.05) is 0 Å². The fraction of sp³-hybridized carbons (Fsp3) is 1.00. The van der Waals surface area contributed by atoms with Gasteiger partial charge in [-0.1, -0.05) is 90.9 Å². The van der Waals surface area contributed by atoms with Gasteiger partial charge >= 0.3 is 0 Å². The SMILES string of the molecule is CCCCCCCCC(O)CO.CCCCCCCCC(O)CO. The van der Waals surface area contributed by atoms with Gasteiger partial charge in [-0.2, -0.15) is 0 Å². The molecule has 0 rings (SSSR count). The Morgan fingerprint density at radius 3 is 1.08 bits per heavy atom. The van der Waals surface area contributed by atoms with Crippen LogP contribution in [-0.2, 0) is 0 Å². The summed E-state index contributed by atoms with van der Waals surface area (Å²) in [5, 5.41) is 35.1. The second-order valence-electron chi connectivity index (χ2n) is 6.79. The van der Waals surface area contributed by atoms with E-state index in [1.807, 2.05) is 0 Å². The maximum atomic E-state index is 9.01. The highest BCUT2D eigenvalue weighted by atomic mass is 16.3. The monoisotopic (exact) mass is 348 g/mol. The third-order valence-corrected chi connectivity index (χ3v) is 4.20. The smallest absolute Gasteiger partial charge is 0.0770 e. The van der Waals surface area contributed by atoms with Crippen molar-refractivity contribution in [2.45, 2.75) is 116 Å². The van der Waals surface area contributed by atoms with Crippen LogP contribution < -0.4 is 0 Å². The van der Waals surface area contributed by atoms with Gasteiger partial charge in [0.05, 0.1) is 25.4 Å². The summed E-state index contributed by atoms with van der Waals surface area (Å²) in [5.41, 5.74) is 0. The fourth-order valence-corrected chi connectivity index (χ4v) is 2.50. The molecule has 0 saturated heterocycles. The summed E-state index contributed by atoms with van der Waals surface area (Å²) in [6, 6.07) is 0. The largest absolute Gasteiger partial charge is 0.394 e. The van der Waals surface area contributed by atoms with Crippen LogP contribution in [0.5, 0.6) is 0 Å². The van der Waals surface area contributed by atoms with Crippen molar-refractivity contribution in [1.82, 2.24) is 0 Å². The average Bonchev–Trinajstić information content (AvgIpc) is 2.61. The zero-order chi connectivity index (χ0) is 18.5. The van der Waals surface area contributed by atoms with E-state index in [-0.39, 0.29) is 13.2 Å². The highest BCUT2D eigenvalue weighted by molar-refractivity contribution is 4.54. The fourth-order valence-electron chi connectivity index (χ4n) is 2.50. The minimum absolute atomic E-state index is 0.0883. The number of aliphatic hydroxyl groups is 4. The van der Waals surface area contributed by atoms with Crippen LogP contribution in [0.2, 0.25) is 0 Å². The summed E-state index contributed by atoms with van der Waals surface area (Å²) in [6.07, 6.45) is 15.4. The second-order valence-corrected chi connectivity index (χ2v) is 6.79. The van der Waals surface area contributed by atoms with Crippen LogP contribution in [0.15, 0.2) is 0 Å². The van der Waals surface area contributed by atoms with Crippen LogP contribution in [0.1, 0.15) is 104 Å². The van der Waals surface area contributed by atoms with Gasteiger partial charge in [0.1, 0.15) is 0 Å². The molecule has 2 atom stereocenters. The van der Waals surface area contributed by atoms with Gasteiger partial charge in [0.15, 0.2) is 0 Å². The van der Waals surface area contributed by atoms with Crippen molar-refractivity contribution in [1.29, 1.82) is 0 Å². The van der Waals surface area contributed by atoms with Crippen LogP contribution >= 0.6 is 0 Å². The lowest BCUT2D eigenvalue weighted by atomic mass is 10.1. The van der Waals surface area contributed by atoms with Crippen molar-refractivity contribution in [3.05, 3.63) is 0 Å². The van der Waals surface area contributed by atoms with E-state index in [4.69, 9.17) is 20.4 Å². The van der Waals surface area contributed by atoms with Gasteiger partial charge in [-0.25, -0.2) is 0 Å². The van der Waals surface area contributed by atoms with Crippen LogP contribution in [0.3, 0.4) is 0 Å². The lowest BCUT2D eigenvalue weighted by Crippen LogP contribution is -2.10. The topological polar surface area (TPSA) is 80.9 Å². The number of rotatable bonds is 16. The summed E-state index contributed by atoms with van der Waals surface area (Å²) in [4.78, 5) is 0. The van der Waals surface area contributed by atoms with Crippen molar-refractivity contribution in [3.8, 4) is 0 Å². The van der Waals surface area contributed by atoms with Crippen LogP contribution in [0.4, 0.5) is 0 Å². The Hall–Kier alpha value is -0.160. The Bertz CT molecular complexity index is 190. The maximum Gasteiger partial charge on any atom is 0.0770 e. The number of hydrogen-bond acceptors (Lipinski definition) is 4. The number of hydrogen-bond donors (Lipinski definition) is 4. The van der Waals surface area contributed by atoms with E-state index >= 15 is 0 Å². The van der Waals surface area contributed by atoms with Gasteiger partial charge < -0.3 is 20.4 Å². The molecule has 0 aliphatic rings. The van der Waals surface area contributed by atoms with Crippen LogP contribution in [-0.4, -0.2) is 45.8 Å². The third-order valence-electron chi connectivity index (χ3n) is 4.20. The maximum absolute atomic E-state index is 9.01. The Balaban J connectivity index is 0. The van der Waals surface area contributed by atoms with E-state index in [1.165, 1.54) is 64.2 Å². The van der Waals surface area contributed by atoms with E-state index in [0.717, 1.165) is 25.7 Å². The van der Waals surface area contributed by atoms with Crippen molar-refractivity contribution >= 4 is 0 Å². The summed E-state index contributed by atoms with van der Waals surface area (Å²) in [7, 11) is 0. The molecule has 0 radical (unpaired) electrons. The molecule has 0 fully saturated rings. The molecule has 4 N–H and O–H groups in total. The molecule has 0 spiro atoms. The molecule has 0 heterocycles. The third kappa shape index (κ3) is 24.1. The van der Waals surface area contributed by atoms with Crippen LogP contribution in [0.25, 0.3) is 0 Å². The lowest BCUT2D eigenvalue weighted by molar-refractivity contribution is 0.0859. The van der Waals surface area contributed by atoms with Gasteiger partial charge in [0.25, 0.3) is 0 Å². The molecule has 0 aromatic rings. The molecule has 0 aromatic carbocycles. The molecule has 0 amide bonds. The van der Waals surface area contributed by atoms with E-state index in [1.54, 1.807) is 0 Å². The summed E-state index contributed by atoms with van der Waals surface area (Å²) in [6.45, 7) is 4.23. The Morgan fingerprint density at radius 2 is 0.792 bits per heavy atom. The highest BCUT2D eigenvalue weighted by Gasteiger charge is 2.00. The van der Waals surface area contributed by atoms with Crippen molar-refractivity contribution < 1.29 is 20.4 Å². The molecule has 0 bridgehead atoms. The quantitative estimate of drug-likeness (QED) is 0.315. The first-order chi connectivity index (χ1) is 11.6. The van der Waals surface area contributed by atoms with Crippen molar-refractivity contribution in [2.24, 2.45) is 0 Å². The number of unbranched alkanes of at least 4 members (excludes halogenated alkanes) is 10. The Morgan fingerprint density at radius 1 is 0.500 bits per heavy atom. The first-order valence-electron chi connectivity index (χ1n) is 10.2. The van der Waals surface area contributed by atoms with Gasteiger partial charge in [0.2, 0.25) is 0 Å². The Labute approximate surface area is 150 Å². The minimum Gasteiger partial charge on any atom is -0.394 e. The predicted octanol–water partition coefficient (Wildman–Crippen LogP) is 4.18. The minimum atomic E-state index is -0.490. The molecule has 0 aliphatic heterocycles. The lowest BCUT2D eigenvalue weighted by Gasteiger charge is -2.05. The van der Waals surface area contributed by atoms with E-state index in [9.17, 15) is 0 Å². The molecular weight excluding hydrogens is 304 g/mol. The van der Waals surface area contributed by atoms with E-state index in [2.05, 4.69) is 13.8 Å². The molecule has 0 saturated carbocycles. The highest BCUT2D eigenvalue weighted by Crippen LogP contribution is 2.09. The number of aliphatic hydroxyl groups excluding tert-OH is 4. The van der Waals surface area contributed by atoms with E-state index in [0.29, 0.717) is 0 Å². The van der Waals surface area contributed by atoms with Gasteiger partial charge in [-0.3, -0.25) is 0 Å². The molecule has 0 aromatic heterocycles. The first-order valence-corrected chi connectivity index (χ1v) is 10.2. The summed E-state index contributed by atoms with van der Waals surface area (Å²) < 4.78 is 0. The summed E-state index contributed by atoms with van der Waals surface area (Å²) in [5.74, 6) is 0. The predicted molar refractivity (Wildman–Crippen MR) is 102 cm³/mol. The van der Waals surface area contributed by atoms with Crippen LogP contribution in [0, 0.1) is 0 Å². The van der Waals surface area contributed by atoms with Gasteiger partial charge in [-0.15, -0.1) is 0 Å². The molecular formula is C20H44O4. The normalized spacial score (nSPS) is 13.2. The Kier molecular flexibility index (Phi) is 24.8. The molecule has 2 unspecified atom stereocenters. The van der Waals surface area contributed by atoms with Gasteiger partial charge in [-0.05, 0) is 12.8 Å². The average molecular weight is 349 g/mol. The second kappa shape index (κ2) is 22.8. The molecule has 24 heavy (non-hydrogen) atoms. The standard InChI is InChI=1S/2C10H22O2/c2*1-2-3-4-5-6-7-8-10(12)9-11/h2*10-12H,2-9H2,1H3. The molecule has 0 aliphatic carbocycles.